The molecule has 7 nitrogen and oxygen atoms in total. The van der Waals surface area contributed by atoms with Gasteiger partial charge in [0.2, 0.25) is 5.91 Å². The number of thioether (sulfide) groups is 1. The highest BCUT2D eigenvalue weighted by atomic mass is 32.2. The second-order valence-corrected chi connectivity index (χ2v) is 8.22. The lowest BCUT2D eigenvalue weighted by molar-refractivity contribution is -0.122. The molecule has 0 fully saturated rings. The molecule has 2 heterocycles. The number of fused-ring (bicyclic) bond motifs is 1. The van der Waals surface area contributed by atoms with Crippen LogP contribution in [0.2, 0.25) is 0 Å². The third-order valence-electron chi connectivity index (χ3n) is 4.97. The predicted octanol–water partition coefficient (Wildman–Crippen LogP) is 3.74. The van der Waals surface area contributed by atoms with E-state index in [1.807, 2.05) is 6.92 Å². The second-order valence-electron chi connectivity index (χ2n) is 7.24. The van der Waals surface area contributed by atoms with Crippen molar-refractivity contribution in [3.63, 3.8) is 0 Å². The van der Waals surface area contributed by atoms with Gasteiger partial charge in [-0.2, -0.15) is 16.9 Å². The summed E-state index contributed by atoms with van der Waals surface area (Å²) in [5, 5.41) is 10.3. The molecule has 166 valence electrons. The molecule has 2 aromatic carbocycles. The number of ether oxygens (including phenoxy) is 1. The predicted molar refractivity (Wildman–Crippen MR) is 121 cm³/mol. The number of hydrogen-bond donors (Lipinski definition) is 2. The maximum Gasteiger partial charge on any atom is 0.256 e. The van der Waals surface area contributed by atoms with Crippen LogP contribution in [0.3, 0.4) is 0 Å². The van der Waals surface area contributed by atoms with Crippen molar-refractivity contribution in [3.8, 4) is 5.75 Å². The van der Waals surface area contributed by atoms with Crippen LogP contribution in [0.15, 0.2) is 48.5 Å². The minimum atomic E-state index is -0.322. The van der Waals surface area contributed by atoms with Crippen molar-refractivity contribution < 1.29 is 18.7 Å². The molecule has 0 spiro atoms. The van der Waals surface area contributed by atoms with Crippen molar-refractivity contribution in [2.24, 2.45) is 0 Å². The lowest BCUT2D eigenvalue weighted by Crippen LogP contribution is -2.28. The molecule has 0 saturated carbocycles. The summed E-state index contributed by atoms with van der Waals surface area (Å²) < 4.78 is 20.0. The SMILES string of the molecule is CCOc1ccc(C(=O)Nc2c3c(nn2CC(=O)NCc2ccc(F)cc2)CSC3)cc1. The molecule has 0 atom stereocenters. The van der Waals surface area contributed by atoms with Crippen molar-refractivity contribution in [2.45, 2.75) is 31.5 Å². The fraction of sp³-hybridized carbons (Fsp3) is 0.261. The van der Waals surface area contributed by atoms with E-state index in [0.717, 1.165) is 28.3 Å². The van der Waals surface area contributed by atoms with Gasteiger partial charge in [0.15, 0.2) is 0 Å². The Morgan fingerprint density at radius 1 is 1.12 bits per heavy atom. The molecule has 1 aliphatic rings. The molecular formula is C23H23FN4O3S. The molecular weight excluding hydrogens is 431 g/mol. The average molecular weight is 455 g/mol. The van der Waals surface area contributed by atoms with Crippen LogP contribution in [0.25, 0.3) is 0 Å². The maximum atomic E-state index is 13.0. The number of nitrogens with zero attached hydrogens (tertiary/aromatic N) is 2. The summed E-state index contributed by atoms with van der Waals surface area (Å²) in [7, 11) is 0. The highest BCUT2D eigenvalue weighted by Crippen LogP contribution is 2.35. The number of nitrogens with one attached hydrogen (secondary N) is 2. The zero-order chi connectivity index (χ0) is 22.5. The van der Waals surface area contributed by atoms with E-state index in [1.54, 1.807) is 48.2 Å². The van der Waals surface area contributed by atoms with E-state index in [9.17, 15) is 14.0 Å². The molecule has 9 heteroatoms. The smallest absolute Gasteiger partial charge is 0.256 e. The largest absolute Gasteiger partial charge is 0.494 e. The first-order chi connectivity index (χ1) is 15.5. The number of anilines is 1. The Kier molecular flexibility index (Phi) is 6.75. The summed E-state index contributed by atoms with van der Waals surface area (Å²) in [5.74, 6) is 1.86. The Balaban J connectivity index is 1.45. The van der Waals surface area contributed by atoms with E-state index in [2.05, 4.69) is 15.7 Å². The number of amides is 2. The van der Waals surface area contributed by atoms with Crippen molar-refractivity contribution in [1.29, 1.82) is 0 Å². The number of hydrogen-bond acceptors (Lipinski definition) is 5. The minimum Gasteiger partial charge on any atom is -0.494 e. The van der Waals surface area contributed by atoms with Gasteiger partial charge in [-0.25, -0.2) is 9.07 Å². The molecule has 4 rings (SSSR count). The van der Waals surface area contributed by atoms with Gasteiger partial charge in [-0.05, 0) is 48.9 Å². The molecule has 3 aromatic rings. The molecule has 0 radical (unpaired) electrons. The van der Waals surface area contributed by atoms with E-state index in [-0.39, 0.29) is 30.7 Å². The Hall–Kier alpha value is -3.33. The van der Waals surface area contributed by atoms with Gasteiger partial charge in [0.1, 0.15) is 23.9 Å². The highest BCUT2D eigenvalue weighted by Gasteiger charge is 2.25. The lowest BCUT2D eigenvalue weighted by Gasteiger charge is -2.12. The van der Waals surface area contributed by atoms with Crippen LogP contribution >= 0.6 is 11.8 Å². The van der Waals surface area contributed by atoms with Gasteiger partial charge in [0.25, 0.3) is 5.91 Å². The summed E-state index contributed by atoms with van der Waals surface area (Å²) in [6.45, 7) is 2.70. The van der Waals surface area contributed by atoms with Crippen molar-refractivity contribution in [2.75, 3.05) is 11.9 Å². The quantitative estimate of drug-likeness (QED) is 0.542. The third-order valence-corrected chi connectivity index (χ3v) is 5.95. The van der Waals surface area contributed by atoms with Crippen LogP contribution < -0.4 is 15.4 Å². The van der Waals surface area contributed by atoms with E-state index in [4.69, 9.17) is 4.74 Å². The van der Waals surface area contributed by atoms with Gasteiger partial charge in [0, 0.05) is 29.2 Å². The second kappa shape index (κ2) is 9.86. The van der Waals surface area contributed by atoms with Crippen molar-refractivity contribution in [3.05, 3.63) is 76.7 Å². The van der Waals surface area contributed by atoms with E-state index in [1.165, 1.54) is 16.8 Å². The first-order valence-corrected chi connectivity index (χ1v) is 11.4. The van der Waals surface area contributed by atoms with Crippen LogP contribution in [-0.2, 0) is 29.4 Å². The Labute approximate surface area is 189 Å². The molecule has 2 N–H and O–H groups in total. The standard InChI is InChI=1S/C23H23FN4O3S/c1-2-31-18-9-5-16(6-10-18)23(30)26-22-19-13-32-14-20(19)27-28(22)12-21(29)25-11-15-3-7-17(24)8-4-15/h3-10H,2,11-14H2,1H3,(H,25,29)(H,26,30). The molecule has 0 saturated heterocycles. The van der Waals surface area contributed by atoms with Gasteiger partial charge in [0.05, 0.1) is 12.3 Å². The zero-order valence-corrected chi connectivity index (χ0v) is 18.4. The van der Waals surface area contributed by atoms with Gasteiger partial charge < -0.3 is 15.4 Å². The Bertz CT molecular complexity index is 1110. The maximum absolute atomic E-state index is 13.0. The normalized spacial score (nSPS) is 12.3. The molecule has 0 unspecified atom stereocenters. The molecule has 0 aliphatic carbocycles. The first-order valence-electron chi connectivity index (χ1n) is 10.2. The van der Waals surface area contributed by atoms with Gasteiger partial charge in [-0.1, -0.05) is 12.1 Å². The molecule has 1 aliphatic heterocycles. The fourth-order valence-corrected chi connectivity index (χ4v) is 4.40. The van der Waals surface area contributed by atoms with E-state index < -0.39 is 0 Å². The molecule has 2 amide bonds. The summed E-state index contributed by atoms with van der Waals surface area (Å²) in [5.41, 5.74) is 3.11. The number of benzene rings is 2. The van der Waals surface area contributed by atoms with Crippen LogP contribution in [0, 0.1) is 5.82 Å². The minimum absolute atomic E-state index is 0.0300. The number of rotatable bonds is 8. The van der Waals surface area contributed by atoms with Crippen molar-refractivity contribution in [1.82, 2.24) is 15.1 Å². The van der Waals surface area contributed by atoms with Crippen LogP contribution in [-0.4, -0.2) is 28.2 Å². The Morgan fingerprint density at radius 2 is 1.88 bits per heavy atom. The van der Waals surface area contributed by atoms with E-state index in [0.29, 0.717) is 23.7 Å². The Morgan fingerprint density at radius 3 is 2.59 bits per heavy atom. The van der Waals surface area contributed by atoms with Gasteiger partial charge >= 0.3 is 0 Å². The van der Waals surface area contributed by atoms with E-state index >= 15 is 0 Å². The number of carbonyl (C=O) groups excluding carboxylic acids is 2. The van der Waals surface area contributed by atoms with Crippen molar-refractivity contribution >= 4 is 29.4 Å². The summed E-state index contributed by atoms with van der Waals surface area (Å²) >= 11 is 1.72. The van der Waals surface area contributed by atoms with Gasteiger partial charge in [-0.15, -0.1) is 0 Å². The average Bonchev–Trinajstić information content (AvgIpc) is 3.36. The monoisotopic (exact) mass is 454 g/mol. The summed E-state index contributed by atoms with van der Waals surface area (Å²) in [6.07, 6.45) is 0. The number of aromatic nitrogens is 2. The lowest BCUT2D eigenvalue weighted by atomic mass is 10.2. The molecule has 32 heavy (non-hydrogen) atoms. The van der Waals surface area contributed by atoms with Crippen LogP contribution in [0.1, 0.15) is 34.1 Å². The summed E-state index contributed by atoms with van der Waals surface area (Å²) in [6, 6.07) is 12.8. The highest BCUT2D eigenvalue weighted by molar-refractivity contribution is 7.98. The number of halogens is 1. The topological polar surface area (TPSA) is 85.2 Å². The van der Waals surface area contributed by atoms with Crippen LogP contribution in [0.4, 0.5) is 10.2 Å². The first kappa shape index (κ1) is 21.9. The third kappa shape index (κ3) is 5.11. The summed E-state index contributed by atoms with van der Waals surface area (Å²) in [4.78, 5) is 25.3. The number of carbonyl (C=O) groups is 2. The molecule has 0 bridgehead atoms. The van der Waals surface area contributed by atoms with Crippen LogP contribution in [0.5, 0.6) is 5.75 Å². The molecule has 1 aromatic heterocycles. The zero-order valence-electron chi connectivity index (χ0n) is 17.6. The fourth-order valence-electron chi connectivity index (χ4n) is 3.36. The van der Waals surface area contributed by atoms with Gasteiger partial charge in [-0.3, -0.25) is 9.59 Å².